The molecule has 0 aliphatic heterocycles. The van der Waals surface area contributed by atoms with Crippen LogP contribution in [-0.4, -0.2) is 6.61 Å². The van der Waals surface area contributed by atoms with Crippen molar-refractivity contribution in [1.82, 2.24) is 0 Å². The summed E-state index contributed by atoms with van der Waals surface area (Å²) in [6.45, 7) is 5.45. The van der Waals surface area contributed by atoms with Crippen LogP contribution in [0.4, 0.5) is 0 Å². The molecule has 2 saturated carbocycles. The van der Waals surface area contributed by atoms with Gasteiger partial charge in [0, 0.05) is 0 Å². The van der Waals surface area contributed by atoms with Gasteiger partial charge in [-0.05, 0) is 86.3 Å². The standard InChI is InChI=1S/C28H46O/c1-3-5-6-22-29-28-20-14-25(15-21-28)9-8-24-12-18-27(19-13-24)26-16-10-23(7-4-2)11-17-26/h14-15,20-21,23-24,26-27H,3-13,16-19,22H2,1-2H3. The fraction of sp³-hybridized carbons (Fsp3) is 0.786. The van der Waals surface area contributed by atoms with Gasteiger partial charge in [0.1, 0.15) is 5.75 Å². The highest BCUT2D eigenvalue weighted by Crippen LogP contribution is 2.42. The van der Waals surface area contributed by atoms with Gasteiger partial charge in [-0.1, -0.05) is 77.3 Å². The first-order chi connectivity index (χ1) is 14.3. The van der Waals surface area contributed by atoms with Crippen molar-refractivity contribution in [2.24, 2.45) is 23.7 Å². The second-order valence-corrected chi connectivity index (χ2v) is 10.1. The van der Waals surface area contributed by atoms with E-state index in [1.807, 2.05) is 0 Å². The SMILES string of the molecule is CCCCCOc1ccc(CCC2CCC(C3CCC(CCC)CC3)CC2)cc1. The number of hydrogen-bond acceptors (Lipinski definition) is 1. The summed E-state index contributed by atoms with van der Waals surface area (Å²) < 4.78 is 5.85. The van der Waals surface area contributed by atoms with Crippen LogP contribution >= 0.6 is 0 Å². The first-order valence-electron chi connectivity index (χ1n) is 13.0. The van der Waals surface area contributed by atoms with Crippen LogP contribution in [-0.2, 0) is 6.42 Å². The predicted molar refractivity (Wildman–Crippen MR) is 126 cm³/mol. The molecule has 1 aromatic rings. The molecule has 2 aliphatic rings. The van der Waals surface area contributed by atoms with Gasteiger partial charge < -0.3 is 4.74 Å². The van der Waals surface area contributed by atoms with Gasteiger partial charge in [0.25, 0.3) is 0 Å². The summed E-state index contributed by atoms with van der Waals surface area (Å²) in [7, 11) is 0. The van der Waals surface area contributed by atoms with Gasteiger partial charge in [-0.2, -0.15) is 0 Å². The minimum atomic E-state index is 0.858. The molecule has 2 aliphatic carbocycles. The van der Waals surface area contributed by atoms with Gasteiger partial charge in [-0.25, -0.2) is 0 Å². The van der Waals surface area contributed by atoms with E-state index in [1.165, 1.54) is 102 Å². The highest BCUT2D eigenvalue weighted by molar-refractivity contribution is 5.27. The molecule has 1 nitrogen and oxygen atoms in total. The van der Waals surface area contributed by atoms with E-state index in [9.17, 15) is 0 Å². The Morgan fingerprint density at radius 2 is 1.28 bits per heavy atom. The summed E-state index contributed by atoms with van der Waals surface area (Å²) in [4.78, 5) is 0. The molecule has 1 heteroatoms. The largest absolute Gasteiger partial charge is 0.494 e. The quantitative estimate of drug-likeness (QED) is 0.339. The average molecular weight is 399 g/mol. The van der Waals surface area contributed by atoms with Crippen LogP contribution in [0.2, 0.25) is 0 Å². The summed E-state index contributed by atoms with van der Waals surface area (Å²) in [5, 5.41) is 0. The predicted octanol–water partition coefficient (Wildman–Crippen LogP) is 8.60. The molecule has 0 heterocycles. The molecule has 164 valence electrons. The number of aryl methyl sites for hydroxylation is 1. The average Bonchev–Trinajstić information content (AvgIpc) is 2.77. The Labute approximate surface area is 181 Å². The Hall–Kier alpha value is -0.980. The highest BCUT2D eigenvalue weighted by Gasteiger charge is 2.30. The Bertz CT molecular complexity index is 532. The van der Waals surface area contributed by atoms with Crippen molar-refractivity contribution in [2.45, 2.75) is 110 Å². The molecular weight excluding hydrogens is 352 g/mol. The molecule has 0 bridgehead atoms. The van der Waals surface area contributed by atoms with Crippen LogP contribution in [0, 0.1) is 23.7 Å². The number of unbranched alkanes of at least 4 members (excludes halogenated alkanes) is 2. The van der Waals surface area contributed by atoms with E-state index in [0.29, 0.717) is 0 Å². The fourth-order valence-corrected chi connectivity index (χ4v) is 5.97. The Morgan fingerprint density at radius 1 is 0.690 bits per heavy atom. The second kappa shape index (κ2) is 12.7. The smallest absolute Gasteiger partial charge is 0.119 e. The number of benzene rings is 1. The van der Waals surface area contributed by atoms with Gasteiger partial charge in [0.15, 0.2) is 0 Å². The van der Waals surface area contributed by atoms with Crippen molar-refractivity contribution in [1.29, 1.82) is 0 Å². The van der Waals surface area contributed by atoms with Gasteiger partial charge >= 0.3 is 0 Å². The molecule has 0 unspecified atom stereocenters. The molecule has 0 amide bonds. The lowest BCUT2D eigenvalue weighted by Gasteiger charge is -2.38. The summed E-state index contributed by atoms with van der Waals surface area (Å²) in [5.41, 5.74) is 1.49. The fourth-order valence-electron chi connectivity index (χ4n) is 5.97. The molecular formula is C28H46O. The Morgan fingerprint density at radius 3 is 1.83 bits per heavy atom. The van der Waals surface area contributed by atoms with E-state index in [1.54, 1.807) is 0 Å². The summed E-state index contributed by atoms with van der Waals surface area (Å²) in [5.74, 6) is 5.18. The summed E-state index contributed by atoms with van der Waals surface area (Å²) >= 11 is 0. The zero-order chi connectivity index (χ0) is 20.3. The molecule has 0 spiro atoms. The highest BCUT2D eigenvalue weighted by atomic mass is 16.5. The van der Waals surface area contributed by atoms with Crippen LogP contribution in [0.15, 0.2) is 24.3 Å². The van der Waals surface area contributed by atoms with Gasteiger partial charge in [0.05, 0.1) is 6.61 Å². The minimum absolute atomic E-state index is 0.858. The van der Waals surface area contributed by atoms with E-state index in [4.69, 9.17) is 4.74 Å². The Kier molecular flexibility index (Phi) is 9.91. The van der Waals surface area contributed by atoms with E-state index in [0.717, 1.165) is 36.0 Å². The summed E-state index contributed by atoms with van der Waals surface area (Å²) in [6.07, 6.45) is 21.3. The molecule has 0 N–H and O–H groups in total. The van der Waals surface area contributed by atoms with Crippen LogP contribution in [0.5, 0.6) is 5.75 Å². The van der Waals surface area contributed by atoms with Gasteiger partial charge in [-0.3, -0.25) is 0 Å². The Balaban J connectivity index is 1.31. The van der Waals surface area contributed by atoms with Crippen LogP contribution in [0.25, 0.3) is 0 Å². The van der Waals surface area contributed by atoms with E-state index >= 15 is 0 Å². The lowest BCUT2D eigenvalue weighted by Crippen LogP contribution is -2.26. The van der Waals surface area contributed by atoms with Crippen molar-refractivity contribution in [3.63, 3.8) is 0 Å². The van der Waals surface area contributed by atoms with Crippen LogP contribution < -0.4 is 4.74 Å². The molecule has 0 atom stereocenters. The van der Waals surface area contributed by atoms with Crippen LogP contribution in [0.3, 0.4) is 0 Å². The topological polar surface area (TPSA) is 9.23 Å². The van der Waals surface area contributed by atoms with Crippen molar-refractivity contribution in [3.05, 3.63) is 29.8 Å². The third-order valence-corrected chi connectivity index (χ3v) is 7.93. The van der Waals surface area contributed by atoms with Crippen molar-refractivity contribution >= 4 is 0 Å². The normalized spacial score (nSPS) is 27.7. The van der Waals surface area contributed by atoms with E-state index in [-0.39, 0.29) is 0 Å². The molecule has 0 radical (unpaired) electrons. The zero-order valence-corrected chi connectivity index (χ0v) is 19.3. The molecule has 29 heavy (non-hydrogen) atoms. The molecule has 0 aromatic heterocycles. The van der Waals surface area contributed by atoms with Crippen LogP contribution in [0.1, 0.15) is 109 Å². The molecule has 1 aromatic carbocycles. The lowest BCUT2D eigenvalue weighted by molar-refractivity contribution is 0.141. The monoisotopic (exact) mass is 398 g/mol. The lowest BCUT2D eigenvalue weighted by atomic mass is 9.68. The maximum Gasteiger partial charge on any atom is 0.119 e. The van der Waals surface area contributed by atoms with Crippen molar-refractivity contribution in [3.8, 4) is 5.75 Å². The molecule has 3 rings (SSSR count). The molecule has 2 fully saturated rings. The van der Waals surface area contributed by atoms with E-state index in [2.05, 4.69) is 38.1 Å². The zero-order valence-electron chi connectivity index (χ0n) is 19.3. The number of hydrogen-bond donors (Lipinski definition) is 0. The van der Waals surface area contributed by atoms with Crippen molar-refractivity contribution in [2.75, 3.05) is 6.61 Å². The maximum absolute atomic E-state index is 5.85. The second-order valence-electron chi connectivity index (χ2n) is 10.1. The third-order valence-electron chi connectivity index (χ3n) is 7.93. The molecule has 0 saturated heterocycles. The number of ether oxygens (including phenoxy) is 1. The van der Waals surface area contributed by atoms with E-state index < -0.39 is 0 Å². The summed E-state index contributed by atoms with van der Waals surface area (Å²) in [6, 6.07) is 8.92. The van der Waals surface area contributed by atoms with Gasteiger partial charge in [-0.15, -0.1) is 0 Å². The van der Waals surface area contributed by atoms with Gasteiger partial charge in [0.2, 0.25) is 0 Å². The first-order valence-corrected chi connectivity index (χ1v) is 13.0. The third kappa shape index (κ3) is 7.65. The van der Waals surface area contributed by atoms with Crippen molar-refractivity contribution < 1.29 is 4.74 Å². The maximum atomic E-state index is 5.85. The first kappa shape index (κ1) is 22.7. The minimum Gasteiger partial charge on any atom is -0.494 e. The number of rotatable bonds is 11.